The van der Waals surface area contributed by atoms with Gasteiger partial charge in [-0.15, -0.1) is 0 Å². The third kappa shape index (κ3) is 4.85. The minimum absolute atomic E-state index is 0.0152. The number of rotatable bonds is 5. The molecule has 0 aromatic heterocycles. The maximum absolute atomic E-state index is 13.5. The molecule has 10 heteroatoms. The highest BCUT2D eigenvalue weighted by atomic mass is 79.9. The van der Waals surface area contributed by atoms with Crippen LogP contribution in [0.15, 0.2) is 39.3 Å². The highest BCUT2D eigenvalue weighted by Gasteiger charge is 2.17. The first kappa shape index (κ1) is 20.0. The molecule has 0 atom stereocenters. The Labute approximate surface area is 163 Å². The third-order valence-electron chi connectivity index (χ3n) is 3.24. The Hall–Kier alpha value is -2.33. The number of non-ortho nitro benzene ring substituents is 1. The van der Waals surface area contributed by atoms with E-state index in [1.807, 2.05) is 0 Å². The summed E-state index contributed by atoms with van der Waals surface area (Å²) in [6.07, 6.45) is 0. The molecule has 0 heterocycles. The largest absolute Gasteiger partial charge is 0.452 e. The molecule has 0 aliphatic carbocycles. The lowest BCUT2D eigenvalue weighted by Crippen LogP contribution is -2.21. The van der Waals surface area contributed by atoms with Gasteiger partial charge in [-0.1, -0.05) is 6.07 Å². The summed E-state index contributed by atoms with van der Waals surface area (Å²) in [5.41, 5.74) is 0.443. The number of nitrogens with zero attached hydrogens (tertiary/aromatic N) is 1. The van der Waals surface area contributed by atoms with E-state index in [0.29, 0.717) is 5.56 Å². The van der Waals surface area contributed by atoms with Crippen LogP contribution in [0.4, 0.5) is 15.8 Å². The minimum atomic E-state index is -0.846. The van der Waals surface area contributed by atoms with E-state index in [0.717, 1.165) is 6.07 Å². The van der Waals surface area contributed by atoms with Gasteiger partial charge in [0.15, 0.2) is 6.61 Å². The molecule has 26 heavy (non-hydrogen) atoms. The summed E-state index contributed by atoms with van der Waals surface area (Å²) in [5, 5.41) is 13.3. The average Bonchev–Trinajstić information content (AvgIpc) is 2.58. The van der Waals surface area contributed by atoms with Gasteiger partial charge in [0, 0.05) is 21.1 Å². The van der Waals surface area contributed by atoms with Gasteiger partial charge in [-0.3, -0.25) is 14.9 Å². The lowest BCUT2D eigenvalue weighted by atomic mass is 10.1. The summed E-state index contributed by atoms with van der Waals surface area (Å²) in [6.45, 7) is 0.946. The van der Waals surface area contributed by atoms with Crippen LogP contribution >= 0.6 is 31.9 Å². The van der Waals surface area contributed by atoms with Crippen LogP contribution in [-0.2, 0) is 9.53 Å². The highest BCUT2D eigenvalue weighted by molar-refractivity contribution is 9.11. The zero-order valence-electron chi connectivity index (χ0n) is 13.2. The van der Waals surface area contributed by atoms with Crippen molar-refractivity contribution >= 4 is 55.1 Å². The maximum Gasteiger partial charge on any atom is 0.338 e. The van der Waals surface area contributed by atoms with E-state index in [1.165, 1.54) is 24.3 Å². The van der Waals surface area contributed by atoms with Gasteiger partial charge in [-0.25, -0.2) is 9.18 Å². The molecule has 0 aliphatic heterocycles. The topological polar surface area (TPSA) is 98.5 Å². The van der Waals surface area contributed by atoms with Gasteiger partial charge in [0.05, 0.1) is 16.2 Å². The van der Waals surface area contributed by atoms with Crippen LogP contribution in [0, 0.1) is 22.9 Å². The van der Waals surface area contributed by atoms with E-state index in [-0.39, 0.29) is 25.9 Å². The fourth-order valence-corrected chi connectivity index (χ4v) is 3.25. The number of nitro groups is 1. The van der Waals surface area contributed by atoms with E-state index in [4.69, 9.17) is 4.74 Å². The van der Waals surface area contributed by atoms with Crippen LogP contribution < -0.4 is 5.32 Å². The summed E-state index contributed by atoms with van der Waals surface area (Å²) >= 11 is 6.26. The second kappa shape index (κ2) is 8.37. The standard InChI is InChI=1S/C16H11Br2FN2O5/c1-8-2-3-9(4-13(8)19)16(23)26-7-14(22)20-15-11(17)5-10(21(24)25)6-12(15)18/h2-6H,7H2,1H3,(H,20,22). The van der Waals surface area contributed by atoms with Gasteiger partial charge >= 0.3 is 5.97 Å². The Balaban J connectivity index is 2.02. The zero-order chi connectivity index (χ0) is 19.4. The Kier molecular flexibility index (Phi) is 6.43. The average molecular weight is 490 g/mol. The number of hydrogen-bond acceptors (Lipinski definition) is 5. The molecule has 0 spiro atoms. The molecule has 2 aromatic rings. The van der Waals surface area contributed by atoms with Crippen molar-refractivity contribution in [1.29, 1.82) is 0 Å². The number of nitro benzene ring substituents is 1. The number of amides is 1. The van der Waals surface area contributed by atoms with Crippen molar-refractivity contribution in [3.63, 3.8) is 0 Å². The van der Waals surface area contributed by atoms with Crippen LogP contribution in [0.25, 0.3) is 0 Å². The SMILES string of the molecule is Cc1ccc(C(=O)OCC(=O)Nc2c(Br)cc([N+](=O)[O-])cc2Br)cc1F. The second-order valence-corrected chi connectivity index (χ2v) is 6.84. The van der Waals surface area contributed by atoms with Crippen LogP contribution in [-0.4, -0.2) is 23.4 Å². The molecule has 0 saturated carbocycles. The molecular weight excluding hydrogens is 479 g/mol. The van der Waals surface area contributed by atoms with Gasteiger partial charge in [0.1, 0.15) is 5.82 Å². The number of aryl methyl sites for hydroxylation is 1. The summed E-state index contributed by atoms with van der Waals surface area (Å²) < 4.78 is 18.9. The van der Waals surface area contributed by atoms with Crippen LogP contribution in [0.2, 0.25) is 0 Å². The molecular formula is C16H11Br2FN2O5. The summed E-state index contributed by atoms with van der Waals surface area (Å²) in [6, 6.07) is 6.29. The predicted molar refractivity (Wildman–Crippen MR) is 98.5 cm³/mol. The molecule has 1 N–H and O–H groups in total. The first-order chi connectivity index (χ1) is 12.2. The molecule has 0 unspecified atom stereocenters. The molecule has 0 radical (unpaired) electrons. The van der Waals surface area contributed by atoms with E-state index in [2.05, 4.69) is 37.2 Å². The number of carbonyl (C=O) groups excluding carboxylic acids is 2. The van der Waals surface area contributed by atoms with E-state index >= 15 is 0 Å². The maximum atomic E-state index is 13.5. The number of benzene rings is 2. The monoisotopic (exact) mass is 488 g/mol. The van der Waals surface area contributed by atoms with Crippen LogP contribution in [0.1, 0.15) is 15.9 Å². The fraction of sp³-hybridized carbons (Fsp3) is 0.125. The summed E-state index contributed by atoms with van der Waals surface area (Å²) in [5.74, 6) is -2.07. The number of hydrogen-bond donors (Lipinski definition) is 1. The third-order valence-corrected chi connectivity index (χ3v) is 4.49. The van der Waals surface area contributed by atoms with E-state index < -0.39 is 29.2 Å². The Morgan fingerprint density at radius 1 is 1.23 bits per heavy atom. The molecule has 0 aliphatic rings. The van der Waals surface area contributed by atoms with Crippen molar-refractivity contribution < 1.29 is 23.6 Å². The van der Waals surface area contributed by atoms with Crippen molar-refractivity contribution in [1.82, 2.24) is 0 Å². The summed E-state index contributed by atoms with van der Waals surface area (Å²) in [4.78, 5) is 34.0. The van der Waals surface area contributed by atoms with Crippen molar-refractivity contribution in [2.24, 2.45) is 0 Å². The quantitative estimate of drug-likeness (QED) is 0.382. The van der Waals surface area contributed by atoms with Crippen molar-refractivity contribution in [2.75, 3.05) is 11.9 Å². The molecule has 2 rings (SSSR count). The van der Waals surface area contributed by atoms with E-state index in [9.17, 15) is 24.1 Å². The minimum Gasteiger partial charge on any atom is -0.452 e. The summed E-state index contributed by atoms with van der Waals surface area (Å²) in [7, 11) is 0. The number of carbonyl (C=O) groups is 2. The lowest BCUT2D eigenvalue weighted by Gasteiger charge is -2.10. The fourth-order valence-electron chi connectivity index (χ4n) is 1.89. The molecule has 136 valence electrons. The molecule has 7 nitrogen and oxygen atoms in total. The van der Waals surface area contributed by atoms with Gasteiger partial charge in [0.2, 0.25) is 0 Å². The predicted octanol–water partition coefficient (Wildman–Crippen LogP) is 4.36. The van der Waals surface area contributed by atoms with Crippen molar-refractivity contribution in [3.05, 3.63) is 66.3 Å². The van der Waals surface area contributed by atoms with Gasteiger partial charge < -0.3 is 10.1 Å². The highest BCUT2D eigenvalue weighted by Crippen LogP contribution is 2.35. The number of halogens is 3. The van der Waals surface area contributed by atoms with Gasteiger partial charge in [-0.2, -0.15) is 0 Å². The molecule has 0 bridgehead atoms. The Morgan fingerprint density at radius 2 is 1.85 bits per heavy atom. The Morgan fingerprint density at radius 3 is 2.38 bits per heavy atom. The van der Waals surface area contributed by atoms with E-state index in [1.54, 1.807) is 6.92 Å². The molecule has 0 saturated heterocycles. The number of ether oxygens (including phenoxy) is 1. The van der Waals surface area contributed by atoms with Crippen LogP contribution in [0.5, 0.6) is 0 Å². The normalized spacial score (nSPS) is 10.3. The first-order valence-electron chi connectivity index (χ1n) is 7.05. The lowest BCUT2D eigenvalue weighted by molar-refractivity contribution is -0.385. The molecule has 0 fully saturated rings. The van der Waals surface area contributed by atoms with Gasteiger partial charge in [-0.05, 0) is 56.5 Å². The zero-order valence-corrected chi connectivity index (χ0v) is 16.4. The Bertz CT molecular complexity index is 881. The van der Waals surface area contributed by atoms with Crippen LogP contribution in [0.3, 0.4) is 0 Å². The van der Waals surface area contributed by atoms with Gasteiger partial charge in [0.25, 0.3) is 11.6 Å². The number of nitrogens with one attached hydrogen (secondary N) is 1. The number of anilines is 1. The van der Waals surface area contributed by atoms with Crippen molar-refractivity contribution in [2.45, 2.75) is 6.92 Å². The molecule has 1 amide bonds. The smallest absolute Gasteiger partial charge is 0.338 e. The first-order valence-corrected chi connectivity index (χ1v) is 8.64. The second-order valence-electron chi connectivity index (χ2n) is 5.13. The number of esters is 1. The van der Waals surface area contributed by atoms with Crippen molar-refractivity contribution in [3.8, 4) is 0 Å². The molecule has 2 aromatic carbocycles.